The molecule has 152 valence electrons. The Morgan fingerprint density at radius 2 is 1.76 bits per heavy atom. The highest BCUT2D eigenvalue weighted by Gasteiger charge is 2.25. The topological polar surface area (TPSA) is 87.0 Å². The number of carboxylic acid groups (broad SMARTS) is 1. The van der Waals surface area contributed by atoms with Gasteiger partial charge in [-0.2, -0.15) is 0 Å². The Labute approximate surface area is 170 Å². The third-order valence-corrected chi connectivity index (χ3v) is 5.26. The van der Waals surface area contributed by atoms with Gasteiger partial charge in [-0.05, 0) is 42.0 Å². The third kappa shape index (κ3) is 5.53. The number of carbonyl (C=O) groups is 2. The number of ketones is 1. The summed E-state index contributed by atoms with van der Waals surface area (Å²) >= 11 is 0. The molecular formula is C24H27NO4. The largest absolute Gasteiger partial charge is 0.511 e. The summed E-state index contributed by atoms with van der Waals surface area (Å²) in [6.45, 7) is 0.549. The van der Waals surface area contributed by atoms with Crippen LogP contribution >= 0.6 is 0 Å². The molecule has 2 N–H and O–H groups in total. The van der Waals surface area contributed by atoms with Crippen molar-refractivity contribution in [3.8, 4) is 0 Å². The second kappa shape index (κ2) is 10.0. The van der Waals surface area contributed by atoms with Gasteiger partial charge < -0.3 is 10.2 Å². The molecule has 0 radical (unpaired) electrons. The molecule has 0 saturated heterocycles. The van der Waals surface area contributed by atoms with E-state index in [2.05, 4.69) is 4.99 Å². The summed E-state index contributed by atoms with van der Waals surface area (Å²) in [6, 6.07) is 14.0. The fourth-order valence-electron chi connectivity index (χ4n) is 3.81. The Morgan fingerprint density at radius 3 is 2.59 bits per heavy atom. The van der Waals surface area contributed by atoms with E-state index in [1.165, 1.54) is 0 Å². The maximum absolute atomic E-state index is 12.5. The number of nitrogens with zero attached hydrogens (tertiary/aromatic N) is 1. The van der Waals surface area contributed by atoms with Gasteiger partial charge in [0.05, 0.1) is 5.57 Å². The number of benzene rings is 2. The smallest absolute Gasteiger partial charge is 0.303 e. The van der Waals surface area contributed by atoms with E-state index < -0.39 is 5.97 Å². The van der Waals surface area contributed by atoms with Crippen molar-refractivity contribution in [3.05, 3.63) is 59.4 Å². The first-order valence-corrected chi connectivity index (χ1v) is 10.2. The maximum atomic E-state index is 12.5. The number of aliphatic imine (C=N–C) groups is 1. The summed E-state index contributed by atoms with van der Waals surface area (Å²) in [5, 5.41) is 21.7. The first kappa shape index (κ1) is 20.8. The number of allylic oxidation sites excluding steroid dienone is 2. The number of carbonyl (C=O) groups excluding carboxylic acids is 1. The zero-order chi connectivity index (χ0) is 20.6. The van der Waals surface area contributed by atoms with Gasteiger partial charge in [0, 0.05) is 31.5 Å². The van der Waals surface area contributed by atoms with Crippen LogP contribution in [-0.4, -0.2) is 34.2 Å². The predicted molar refractivity (Wildman–Crippen MR) is 115 cm³/mol. The molecule has 5 nitrogen and oxygen atoms in total. The van der Waals surface area contributed by atoms with Gasteiger partial charge in [0.2, 0.25) is 0 Å². The lowest BCUT2D eigenvalue weighted by molar-refractivity contribution is -0.137. The Bertz CT molecular complexity index is 953. The van der Waals surface area contributed by atoms with E-state index in [9.17, 15) is 14.7 Å². The fourth-order valence-corrected chi connectivity index (χ4v) is 3.81. The van der Waals surface area contributed by atoms with E-state index in [1.54, 1.807) is 0 Å². The molecule has 5 heteroatoms. The van der Waals surface area contributed by atoms with Crippen molar-refractivity contribution in [1.82, 2.24) is 0 Å². The van der Waals surface area contributed by atoms with Crippen molar-refractivity contribution in [2.45, 2.75) is 51.4 Å². The van der Waals surface area contributed by atoms with E-state index in [1.807, 2.05) is 42.5 Å². The molecule has 2 aromatic rings. The van der Waals surface area contributed by atoms with Gasteiger partial charge in [-0.15, -0.1) is 0 Å². The molecule has 0 aromatic heterocycles. The van der Waals surface area contributed by atoms with Gasteiger partial charge in [0.15, 0.2) is 5.78 Å². The van der Waals surface area contributed by atoms with Crippen molar-refractivity contribution in [3.63, 3.8) is 0 Å². The summed E-state index contributed by atoms with van der Waals surface area (Å²) in [5.74, 6) is -0.730. The van der Waals surface area contributed by atoms with Crippen molar-refractivity contribution >= 4 is 28.2 Å². The summed E-state index contributed by atoms with van der Waals surface area (Å²) in [6.07, 6.45) is 4.56. The van der Waals surface area contributed by atoms with Gasteiger partial charge in [-0.1, -0.05) is 48.9 Å². The van der Waals surface area contributed by atoms with Crippen molar-refractivity contribution < 1.29 is 19.8 Å². The number of carboxylic acids is 1. The molecule has 1 fully saturated rings. The van der Waals surface area contributed by atoms with Crippen LogP contribution in [0, 0.1) is 0 Å². The molecule has 0 amide bonds. The highest BCUT2D eigenvalue weighted by Crippen LogP contribution is 2.25. The maximum Gasteiger partial charge on any atom is 0.303 e. The molecule has 2 aromatic carbocycles. The van der Waals surface area contributed by atoms with Crippen LogP contribution in [0.3, 0.4) is 0 Å². The summed E-state index contributed by atoms with van der Waals surface area (Å²) in [5.41, 5.74) is 2.06. The van der Waals surface area contributed by atoms with E-state index in [0.29, 0.717) is 43.5 Å². The van der Waals surface area contributed by atoms with E-state index in [-0.39, 0.29) is 18.0 Å². The van der Waals surface area contributed by atoms with Crippen LogP contribution in [0.2, 0.25) is 0 Å². The van der Waals surface area contributed by atoms with Crippen molar-refractivity contribution in [2.75, 3.05) is 6.54 Å². The van der Waals surface area contributed by atoms with E-state index in [0.717, 1.165) is 35.6 Å². The van der Waals surface area contributed by atoms with E-state index in [4.69, 9.17) is 5.11 Å². The third-order valence-electron chi connectivity index (χ3n) is 5.26. The Morgan fingerprint density at radius 1 is 0.966 bits per heavy atom. The normalized spacial score (nSPS) is 17.7. The molecule has 1 aliphatic carbocycles. The average Bonchev–Trinajstić information content (AvgIpc) is 2.70. The van der Waals surface area contributed by atoms with Crippen LogP contribution in [0.1, 0.15) is 50.5 Å². The first-order chi connectivity index (χ1) is 14.1. The summed E-state index contributed by atoms with van der Waals surface area (Å²) < 4.78 is 0. The summed E-state index contributed by atoms with van der Waals surface area (Å²) in [7, 11) is 0. The van der Waals surface area contributed by atoms with Gasteiger partial charge in [-0.3, -0.25) is 14.6 Å². The van der Waals surface area contributed by atoms with Gasteiger partial charge >= 0.3 is 5.97 Å². The number of aliphatic carboxylic acids is 1. The van der Waals surface area contributed by atoms with Crippen LogP contribution in [-0.2, 0) is 16.0 Å². The number of aliphatic hydroxyl groups is 1. The molecular weight excluding hydrogens is 366 g/mol. The lowest BCUT2D eigenvalue weighted by atomic mass is 9.88. The number of fused-ring (bicyclic) bond motifs is 1. The Hall–Kier alpha value is -2.95. The van der Waals surface area contributed by atoms with Gasteiger partial charge in [0.1, 0.15) is 5.76 Å². The number of rotatable bonds is 8. The van der Waals surface area contributed by atoms with Crippen molar-refractivity contribution in [1.29, 1.82) is 0 Å². The molecule has 3 rings (SSSR count). The van der Waals surface area contributed by atoms with Crippen LogP contribution in [0.4, 0.5) is 0 Å². The molecule has 29 heavy (non-hydrogen) atoms. The zero-order valence-corrected chi connectivity index (χ0v) is 16.6. The molecule has 0 spiro atoms. The van der Waals surface area contributed by atoms with Crippen molar-refractivity contribution in [2.24, 2.45) is 4.99 Å². The highest BCUT2D eigenvalue weighted by atomic mass is 16.4. The van der Waals surface area contributed by atoms with Crippen LogP contribution in [0.25, 0.3) is 10.8 Å². The Balaban J connectivity index is 1.76. The lowest BCUT2D eigenvalue weighted by Crippen LogP contribution is -2.22. The van der Waals surface area contributed by atoms with E-state index >= 15 is 0 Å². The SMILES string of the molecule is O=C(O)CCCCCN=C1CCCC(=O)C1=C(O)Cc1cccc2ccccc12. The molecule has 0 aliphatic heterocycles. The number of unbranched alkanes of at least 4 members (excludes halogenated alkanes) is 2. The molecule has 1 aliphatic rings. The number of Topliss-reactive ketones (excluding diaryl/α,β-unsaturated/α-hetero) is 1. The second-order valence-corrected chi connectivity index (χ2v) is 7.45. The van der Waals surface area contributed by atoms with Crippen LogP contribution < -0.4 is 0 Å². The molecule has 1 saturated carbocycles. The second-order valence-electron chi connectivity index (χ2n) is 7.45. The highest BCUT2D eigenvalue weighted by molar-refractivity contribution is 6.24. The number of hydrogen-bond donors (Lipinski definition) is 2. The van der Waals surface area contributed by atoms with Gasteiger partial charge in [-0.25, -0.2) is 0 Å². The number of hydrogen-bond acceptors (Lipinski definition) is 4. The minimum absolute atomic E-state index is 0.0430. The fraction of sp³-hybridized carbons (Fsp3) is 0.375. The monoisotopic (exact) mass is 393 g/mol. The first-order valence-electron chi connectivity index (χ1n) is 10.2. The molecule has 0 unspecified atom stereocenters. The summed E-state index contributed by atoms with van der Waals surface area (Å²) in [4.78, 5) is 27.7. The lowest BCUT2D eigenvalue weighted by Gasteiger charge is -2.18. The standard InChI is InChI=1S/C24H27NO4/c26-21-13-7-12-20(25-15-5-1-2-14-23(28)29)24(21)22(27)16-18-10-6-9-17-8-3-4-11-19(17)18/h3-4,6,8-11,27H,1-2,5,7,12-16H2,(H,28,29). The molecule has 0 heterocycles. The minimum atomic E-state index is -0.780. The molecule has 0 bridgehead atoms. The van der Waals surface area contributed by atoms with Crippen LogP contribution in [0.15, 0.2) is 58.8 Å². The zero-order valence-electron chi connectivity index (χ0n) is 16.6. The Kier molecular flexibility index (Phi) is 7.17. The predicted octanol–water partition coefficient (Wildman–Crippen LogP) is 5.03. The van der Waals surface area contributed by atoms with Crippen LogP contribution in [0.5, 0.6) is 0 Å². The van der Waals surface area contributed by atoms with Gasteiger partial charge in [0.25, 0.3) is 0 Å². The quantitative estimate of drug-likeness (QED) is 0.374. The number of aliphatic hydroxyl groups excluding tert-OH is 1. The molecule has 0 atom stereocenters. The minimum Gasteiger partial charge on any atom is -0.511 e. The average molecular weight is 393 g/mol.